The highest BCUT2D eigenvalue weighted by atomic mass is 35.5. The second-order valence-electron chi connectivity index (χ2n) is 12.0. The first-order valence-corrected chi connectivity index (χ1v) is 16.3. The number of anilines is 2. The van der Waals surface area contributed by atoms with Crippen molar-refractivity contribution < 1.29 is 13.9 Å². The van der Waals surface area contributed by atoms with Crippen LogP contribution in [0.3, 0.4) is 0 Å². The Bertz CT molecular complexity index is 1850. The van der Waals surface area contributed by atoms with E-state index < -0.39 is 0 Å². The van der Waals surface area contributed by atoms with Crippen molar-refractivity contribution in [2.45, 2.75) is 44.8 Å². The number of hydrogen-bond donors (Lipinski definition) is 2. The maximum absolute atomic E-state index is 13.5. The zero-order valence-electron chi connectivity index (χ0n) is 25.5. The first-order chi connectivity index (χ1) is 22.5. The molecule has 0 bridgehead atoms. The number of hydrogen-bond acceptors (Lipinski definition) is 6. The summed E-state index contributed by atoms with van der Waals surface area (Å²) >= 11 is 6.53. The van der Waals surface area contributed by atoms with Crippen LogP contribution in [0.4, 0.5) is 15.9 Å². The van der Waals surface area contributed by atoms with Crippen LogP contribution in [-0.2, 0) is 6.61 Å². The van der Waals surface area contributed by atoms with Crippen molar-refractivity contribution >= 4 is 39.9 Å². The predicted molar refractivity (Wildman–Crippen MR) is 179 cm³/mol. The number of aromatic nitrogens is 3. The van der Waals surface area contributed by atoms with Crippen molar-refractivity contribution in [1.29, 1.82) is 0 Å². The molecule has 0 saturated carbocycles. The number of carbonyl (C=O) groups excluding carboxylic acids is 1. The lowest BCUT2D eigenvalue weighted by molar-refractivity contribution is 0.0585. The molecule has 10 heteroatoms. The lowest BCUT2D eigenvalue weighted by Crippen LogP contribution is -2.48. The van der Waals surface area contributed by atoms with Crippen LogP contribution in [0.5, 0.6) is 5.75 Å². The number of fused-ring (bicyclic) bond motifs is 1. The van der Waals surface area contributed by atoms with E-state index in [4.69, 9.17) is 16.3 Å². The van der Waals surface area contributed by atoms with Gasteiger partial charge in [0.15, 0.2) is 0 Å². The molecular formula is C36H36ClFN6O2. The summed E-state index contributed by atoms with van der Waals surface area (Å²) in [5.41, 5.74) is 4.60. The molecule has 2 N–H and O–H groups in total. The van der Waals surface area contributed by atoms with Gasteiger partial charge in [-0.25, -0.2) is 14.4 Å². The standard InChI is InChI=1S/C36H36ClFN6O2/c37-30-21-27(8-12-34(30)46-22-24-5-4-6-26(38)19-24)41-35-29-20-25(7-9-32(29)39-23-40-35)31-10-11-33(42-31)36(45)44-17-13-28(14-18-44)43-15-2-1-3-16-43/h4-12,19-21,23,28,42H,1-3,13-18,22H2,(H,39,40,41). The summed E-state index contributed by atoms with van der Waals surface area (Å²) in [6.07, 6.45) is 7.51. The van der Waals surface area contributed by atoms with Crippen molar-refractivity contribution in [1.82, 2.24) is 24.8 Å². The number of benzene rings is 3. The van der Waals surface area contributed by atoms with Gasteiger partial charge < -0.3 is 24.8 Å². The van der Waals surface area contributed by atoms with Crippen LogP contribution < -0.4 is 10.1 Å². The highest BCUT2D eigenvalue weighted by Crippen LogP contribution is 2.32. The molecule has 2 aliphatic rings. The summed E-state index contributed by atoms with van der Waals surface area (Å²) in [4.78, 5) is 30.3. The van der Waals surface area contributed by atoms with E-state index in [1.807, 2.05) is 41.3 Å². The molecule has 0 unspecified atom stereocenters. The Balaban J connectivity index is 1.03. The number of aromatic amines is 1. The van der Waals surface area contributed by atoms with Crippen LogP contribution in [0.15, 0.2) is 79.1 Å². The molecule has 2 aromatic heterocycles. The molecule has 5 aromatic rings. The quantitative estimate of drug-likeness (QED) is 0.180. The molecule has 0 aliphatic carbocycles. The highest BCUT2D eigenvalue weighted by molar-refractivity contribution is 6.32. The van der Waals surface area contributed by atoms with Gasteiger partial charge in [-0.15, -0.1) is 0 Å². The Morgan fingerprint density at radius 3 is 2.61 bits per heavy atom. The van der Waals surface area contributed by atoms with Crippen molar-refractivity contribution in [2.75, 3.05) is 31.5 Å². The Labute approximate surface area is 272 Å². The number of halogens is 2. The van der Waals surface area contributed by atoms with Gasteiger partial charge in [0, 0.05) is 35.9 Å². The van der Waals surface area contributed by atoms with Crippen molar-refractivity contribution in [2.24, 2.45) is 0 Å². The van der Waals surface area contributed by atoms with Crippen molar-refractivity contribution in [3.63, 3.8) is 0 Å². The molecule has 0 atom stereocenters. The number of rotatable bonds is 8. The van der Waals surface area contributed by atoms with Crippen molar-refractivity contribution in [3.8, 4) is 17.0 Å². The molecule has 3 aromatic carbocycles. The fraction of sp³-hybridized carbons (Fsp3) is 0.306. The summed E-state index contributed by atoms with van der Waals surface area (Å²) in [5.74, 6) is 0.858. The van der Waals surface area contributed by atoms with Gasteiger partial charge in [-0.2, -0.15) is 0 Å². The number of likely N-dealkylation sites (tertiary alicyclic amines) is 2. The monoisotopic (exact) mass is 638 g/mol. The van der Waals surface area contributed by atoms with E-state index in [-0.39, 0.29) is 18.3 Å². The third-order valence-electron chi connectivity index (χ3n) is 9.00. The van der Waals surface area contributed by atoms with Gasteiger partial charge in [-0.1, -0.05) is 36.2 Å². The van der Waals surface area contributed by atoms with Crippen LogP contribution in [0.1, 0.15) is 48.2 Å². The van der Waals surface area contributed by atoms with Gasteiger partial charge in [0.25, 0.3) is 5.91 Å². The van der Waals surface area contributed by atoms with Gasteiger partial charge >= 0.3 is 0 Å². The molecule has 46 heavy (non-hydrogen) atoms. The van der Waals surface area contributed by atoms with E-state index in [1.54, 1.807) is 24.3 Å². The minimum absolute atomic E-state index is 0.0510. The van der Waals surface area contributed by atoms with Crippen LogP contribution in [0, 0.1) is 5.82 Å². The zero-order chi connectivity index (χ0) is 31.5. The summed E-state index contributed by atoms with van der Waals surface area (Å²) in [5, 5.41) is 4.59. The van der Waals surface area contributed by atoms with Gasteiger partial charge in [0.05, 0.1) is 10.5 Å². The van der Waals surface area contributed by atoms with E-state index in [9.17, 15) is 9.18 Å². The second-order valence-corrected chi connectivity index (χ2v) is 12.5. The SMILES string of the molecule is O=C(c1ccc(-c2ccc3ncnc(Nc4ccc(OCc5cccc(F)c5)c(Cl)c4)c3c2)[nH]1)N1CCC(N2CCCCC2)CC1. The normalized spacial score (nSPS) is 16.1. The number of amides is 1. The van der Waals surface area contributed by atoms with Gasteiger partial charge in [-0.3, -0.25) is 4.79 Å². The summed E-state index contributed by atoms with van der Waals surface area (Å²) in [6, 6.07) is 22.0. The molecule has 7 rings (SSSR count). The summed E-state index contributed by atoms with van der Waals surface area (Å²) in [6.45, 7) is 4.18. The second kappa shape index (κ2) is 13.5. The van der Waals surface area contributed by atoms with E-state index in [1.165, 1.54) is 50.8 Å². The molecule has 0 radical (unpaired) electrons. The topological polar surface area (TPSA) is 86.4 Å². The molecule has 2 saturated heterocycles. The smallest absolute Gasteiger partial charge is 0.270 e. The average Bonchev–Trinajstić information content (AvgIpc) is 3.59. The largest absolute Gasteiger partial charge is 0.487 e. The number of carbonyl (C=O) groups is 1. The summed E-state index contributed by atoms with van der Waals surface area (Å²) in [7, 11) is 0. The van der Waals surface area contributed by atoms with E-state index >= 15 is 0 Å². The number of nitrogens with zero attached hydrogens (tertiary/aromatic N) is 4. The van der Waals surface area contributed by atoms with Crippen molar-refractivity contribution in [3.05, 3.63) is 101 Å². The first-order valence-electron chi connectivity index (χ1n) is 15.9. The maximum Gasteiger partial charge on any atom is 0.270 e. The minimum Gasteiger partial charge on any atom is -0.487 e. The molecule has 0 spiro atoms. The van der Waals surface area contributed by atoms with E-state index in [0.717, 1.165) is 53.8 Å². The van der Waals surface area contributed by atoms with Crippen LogP contribution in [-0.4, -0.2) is 62.9 Å². The third kappa shape index (κ3) is 6.71. The third-order valence-corrected chi connectivity index (χ3v) is 9.29. The maximum atomic E-state index is 13.5. The van der Waals surface area contributed by atoms with E-state index in [2.05, 4.69) is 25.2 Å². The Morgan fingerprint density at radius 1 is 0.957 bits per heavy atom. The van der Waals surface area contributed by atoms with E-state index in [0.29, 0.717) is 33.9 Å². The van der Waals surface area contributed by atoms with Crippen LogP contribution >= 0.6 is 11.6 Å². The number of ether oxygens (including phenoxy) is 1. The Morgan fingerprint density at radius 2 is 1.80 bits per heavy atom. The molecule has 2 aliphatic heterocycles. The van der Waals surface area contributed by atoms with Gasteiger partial charge in [0.2, 0.25) is 0 Å². The molecule has 8 nitrogen and oxygen atoms in total. The Kier molecular flexibility index (Phi) is 8.85. The highest BCUT2D eigenvalue weighted by Gasteiger charge is 2.28. The van der Waals surface area contributed by atoms with Gasteiger partial charge in [0.1, 0.15) is 36.0 Å². The Hall–Kier alpha value is -4.47. The number of piperidine rings is 2. The lowest BCUT2D eigenvalue weighted by Gasteiger charge is -2.40. The number of nitrogens with one attached hydrogen (secondary N) is 2. The van der Waals surface area contributed by atoms with Gasteiger partial charge in [-0.05, 0) is 104 Å². The molecule has 2 fully saturated rings. The molecule has 1 amide bonds. The molecular weight excluding hydrogens is 603 g/mol. The predicted octanol–water partition coefficient (Wildman–Crippen LogP) is 7.83. The van der Waals surface area contributed by atoms with Crippen LogP contribution in [0.25, 0.3) is 22.2 Å². The summed E-state index contributed by atoms with van der Waals surface area (Å²) < 4.78 is 19.3. The lowest BCUT2D eigenvalue weighted by atomic mass is 10.00. The fourth-order valence-corrected chi connectivity index (χ4v) is 6.76. The fourth-order valence-electron chi connectivity index (χ4n) is 6.52. The zero-order valence-corrected chi connectivity index (χ0v) is 26.3. The van der Waals surface area contributed by atoms with Crippen LogP contribution in [0.2, 0.25) is 5.02 Å². The minimum atomic E-state index is -0.309. The molecule has 4 heterocycles. The molecule has 236 valence electrons. The number of H-pyrrole nitrogens is 1. The average molecular weight is 639 g/mol. The first kappa shape index (κ1) is 30.2.